The molecule has 0 atom stereocenters. The number of para-hydroxylation sites is 1. The minimum absolute atomic E-state index is 0.0382. The van der Waals surface area contributed by atoms with Gasteiger partial charge in [0.05, 0.1) is 10.2 Å². The first kappa shape index (κ1) is 10.4. The summed E-state index contributed by atoms with van der Waals surface area (Å²) in [4.78, 5) is 4.21. The van der Waals surface area contributed by atoms with E-state index in [1.165, 1.54) is 11.3 Å². The molecule has 0 bridgehead atoms. The van der Waals surface area contributed by atoms with Gasteiger partial charge in [0.25, 0.3) is 0 Å². The number of amidine groups is 1. The molecular weight excluding hydrogens is 228 g/mol. The monoisotopic (exact) mass is 236 g/mol. The predicted octanol–water partition coefficient (Wildman–Crippen LogP) is 1.22. The first-order chi connectivity index (χ1) is 7.76. The number of aromatic nitrogens is 1. The van der Waals surface area contributed by atoms with E-state index >= 15 is 0 Å². The summed E-state index contributed by atoms with van der Waals surface area (Å²) in [6, 6.07) is 7.45. The molecule has 6 nitrogen and oxygen atoms in total. The van der Waals surface area contributed by atoms with Crippen LogP contribution in [0, 0.1) is 0 Å². The molecule has 4 N–H and O–H groups in total. The summed E-state index contributed by atoms with van der Waals surface area (Å²) >= 11 is 1.30. The molecular formula is C9H8N4O2S. The molecule has 2 aromatic rings. The van der Waals surface area contributed by atoms with Gasteiger partial charge < -0.3 is 16.1 Å². The number of rotatable bonds is 2. The highest BCUT2D eigenvalue weighted by Crippen LogP contribution is 2.22. The van der Waals surface area contributed by atoms with Gasteiger partial charge in [-0.1, -0.05) is 22.4 Å². The van der Waals surface area contributed by atoms with Gasteiger partial charge in [-0.3, -0.25) is 0 Å². The molecule has 7 heteroatoms. The van der Waals surface area contributed by atoms with Crippen molar-refractivity contribution in [2.45, 2.75) is 0 Å². The number of nitrogens with two attached hydrogens (primary N) is 1. The summed E-state index contributed by atoms with van der Waals surface area (Å²) in [6.07, 6.45) is 0. The van der Waals surface area contributed by atoms with Gasteiger partial charge in [0.15, 0.2) is 16.6 Å². The van der Waals surface area contributed by atoms with Crippen molar-refractivity contribution in [1.82, 2.24) is 4.98 Å². The molecule has 0 saturated carbocycles. The van der Waals surface area contributed by atoms with Crippen LogP contribution in [0.25, 0.3) is 10.2 Å². The SMILES string of the molecule is NC(=NO)C(=NO)c1nc2ccccc2s1. The van der Waals surface area contributed by atoms with E-state index in [1.54, 1.807) is 0 Å². The zero-order valence-corrected chi connectivity index (χ0v) is 8.85. The van der Waals surface area contributed by atoms with Gasteiger partial charge in [0, 0.05) is 0 Å². The zero-order chi connectivity index (χ0) is 11.5. The number of benzene rings is 1. The minimum atomic E-state index is -0.276. The van der Waals surface area contributed by atoms with Crippen LogP contribution in [-0.4, -0.2) is 26.9 Å². The first-order valence-electron chi connectivity index (χ1n) is 4.32. The van der Waals surface area contributed by atoms with Crippen LogP contribution >= 0.6 is 11.3 Å². The molecule has 0 unspecified atom stereocenters. The molecule has 1 heterocycles. The third kappa shape index (κ3) is 1.68. The van der Waals surface area contributed by atoms with Crippen molar-refractivity contribution in [3.8, 4) is 0 Å². The Morgan fingerprint density at radius 3 is 2.62 bits per heavy atom. The van der Waals surface area contributed by atoms with E-state index in [0.29, 0.717) is 5.01 Å². The summed E-state index contributed by atoms with van der Waals surface area (Å²) in [5.41, 5.74) is 6.09. The highest BCUT2D eigenvalue weighted by atomic mass is 32.1. The Morgan fingerprint density at radius 2 is 2.00 bits per heavy atom. The molecule has 0 spiro atoms. The van der Waals surface area contributed by atoms with E-state index < -0.39 is 0 Å². The largest absolute Gasteiger partial charge is 0.410 e. The number of hydrogen-bond acceptors (Lipinski definition) is 6. The van der Waals surface area contributed by atoms with Crippen LogP contribution in [0.1, 0.15) is 5.01 Å². The first-order valence-corrected chi connectivity index (χ1v) is 5.14. The zero-order valence-electron chi connectivity index (χ0n) is 8.03. The van der Waals surface area contributed by atoms with Gasteiger partial charge >= 0.3 is 0 Å². The van der Waals surface area contributed by atoms with Gasteiger partial charge in [0.1, 0.15) is 0 Å². The highest BCUT2D eigenvalue weighted by molar-refractivity contribution is 7.21. The molecule has 1 aromatic heterocycles. The number of hydrogen-bond donors (Lipinski definition) is 3. The fraction of sp³-hybridized carbons (Fsp3) is 0. The summed E-state index contributed by atoms with van der Waals surface area (Å²) in [5.74, 6) is -0.276. The lowest BCUT2D eigenvalue weighted by Gasteiger charge is -1.95. The number of oxime groups is 2. The van der Waals surface area contributed by atoms with Gasteiger partial charge in [-0.25, -0.2) is 4.98 Å². The quantitative estimate of drug-likeness (QED) is 0.315. The highest BCUT2D eigenvalue weighted by Gasteiger charge is 2.15. The predicted molar refractivity (Wildman–Crippen MR) is 61.4 cm³/mol. The van der Waals surface area contributed by atoms with Crippen molar-refractivity contribution in [1.29, 1.82) is 0 Å². The Balaban J connectivity index is 2.55. The van der Waals surface area contributed by atoms with Crippen LogP contribution in [0.3, 0.4) is 0 Å². The van der Waals surface area contributed by atoms with E-state index in [-0.39, 0.29) is 11.5 Å². The molecule has 0 aliphatic heterocycles. The average Bonchev–Trinajstić information content (AvgIpc) is 2.72. The van der Waals surface area contributed by atoms with E-state index in [2.05, 4.69) is 15.3 Å². The van der Waals surface area contributed by atoms with E-state index in [0.717, 1.165) is 10.2 Å². The Labute approximate surface area is 94.3 Å². The second-order valence-corrected chi connectivity index (χ2v) is 3.95. The average molecular weight is 236 g/mol. The van der Waals surface area contributed by atoms with Crippen LogP contribution in [0.5, 0.6) is 0 Å². The van der Waals surface area contributed by atoms with Gasteiger partial charge in [0.2, 0.25) is 0 Å². The Bertz CT molecular complexity index is 543. The lowest BCUT2D eigenvalue weighted by Crippen LogP contribution is -2.24. The van der Waals surface area contributed by atoms with Gasteiger partial charge in [-0.15, -0.1) is 11.3 Å². The van der Waals surface area contributed by atoms with E-state index in [9.17, 15) is 0 Å². The molecule has 2 rings (SSSR count). The van der Waals surface area contributed by atoms with Crippen molar-refractivity contribution in [2.24, 2.45) is 16.0 Å². The fourth-order valence-corrected chi connectivity index (χ4v) is 2.18. The summed E-state index contributed by atoms with van der Waals surface area (Å²) < 4.78 is 0.935. The Hall–Kier alpha value is -2.15. The summed E-state index contributed by atoms with van der Waals surface area (Å²) in [7, 11) is 0. The second-order valence-electron chi connectivity index (χ2n) is 2.92. The van der Waals surface area contributed by atoms with Crippen LogP contribution in [0.2, 0.25) is 0 Å². The fourth-order valence-electron chi connectivity index (χ4n) is 1.22. The molecule has 0 aliphatic carbocycles. The van der Waals surface area contributed by atoms with E-state index in [1.807, 2.05) is 24.3 Å². The number of thiazole rings is 1. The standard InChI is InChI=1S/C9H8N4O2S/c10-8(13-15)7(12-14)9-11-5-3-1-2-4-6(5)16-9/h1-4,14-15H,(H2,10,13). The lowest BCUT2D eigenvalue weighted by atomic mass is 10.3. The van der Waals surface area contributed by atoms with Crippen molar-refractivity contribution >= 4 is 33.1 Å². The number of fused-ring (bicyclic) bond motifs is 1. The molecule has 0 amide bonds. The van der Waals surface area contributed by atoms with Crippen LogP contribution < -0.4 is 5.73 Å². The van der Waals surface area contributed by atoms with Crippen molar-refractivity contribution in [2.75, 3.05) is 0 Å². The smallest absolute Gasteiger partial charge is 0.195 e. The molecule has 16 heavy (non-hydrogen) atoms. The minimum Gasteiger partial charge on any atom is -0.410 e. The molecule has 0 fully saturated rings. The number of nitrogens with zero attached hydrogens (tertiary/aromatic N) is 3. The Morgan fingerprint density at radius 1 is 1.25 bits per heavy atom. The van der Waals surface area contributed by atoms with Crippen LogP contribution in [0.4, 0.5) is 0 Å². The molecule has 0 aliphatic rings. The van der Waals surface area contributed by atoms with Gasteiger partial charge in [-0.2, -0.15) is 0 Å². The van der Waals surface area contributed by atoms with Crippen LogP contribution in [0.15, 0.2) is 34.6 Å². The third-order valence-corrected chi connectivity index (χ3v) is 2.99. The van der Waals surface area contributed by atoms with Crippen molar-refractivity contribution in [3.63, 3.8) is 0 Å². The maximum absolute atomic E-state index is 8.79. The van der Waals surface area contributed by atoms with E-state index in [4.69, 9.17) is 16.1 Å². The summed E-state index contributed by atoms with van der Waals surface area (Å²) in [6.45, 7) is 0. The van der Waals surface area contributed by atoms with Crippen LogP contribution in [-0.2, 0) is 0 Å². The summed E-state index contributed by atoms with van der Waals surface area (Å²) in [5, 5.41) is 23.5. The molecule has 1 aromatic carbocycles. The lowest BCUT2D eigenvalue weighted by molar-refractivity contribution is 0.314. The second kappa shape index (κ2) is 4.15. The molecule has 0 saturated heterocycles. The Kier molecular flexibility index (Phi) is 2.69. The van der Waals surface area contributed by atoms with Crippen molar-refractivity contribution in [3.05, 3.63) is 29.3 Å². The molecule has 82 valence electrons. The topological polar surface area (TPSA) is 104 Å². The van der Waals surface area contributed by atoms with Crippen molar-refractivity contribution < 1.29 is 10.4 Å². The maximum Gasteiger partial charge on any atom is 0.195 e. The van der Waals surface area contributed by atoms with Gasteiger partial charge in [-0.05, 0) is 12.1 Å². The maximum atomic E-state index is 8.79. The molecule has 0 radical (unpaired) electrons. The normalized spacial score (nSPS) is 13.2. The third-order valence-electron chi connectivity index (χ3n) is 1.95.